The van der Waals surface area contributed by atoms with E-state index in [2.05, 4.69) is 35.1 Å². The summed E-state index contributed by atoms with van der Waals surface area (Å²) < 4.78 is 0. The number of rotatable bonds is 2. The number of aromatic nitrogens is 1. The average Bonchev–Trinajstić information content (AvgIpc) is 2.84. The molecule has 3 nitrogen and oxygen atoms in total. The highest BCUT2D eigenvalue weighted by Gasteiger charge is 2.42. The second-order valence-corrected chi connectivity index (χ2v) is 6.46. The van der Waals surface area contributed by atoms with Crippen LogP contribution in [0.15, 0.2) is 18.5 Å². The van der Waals surface area contributed by atoms with Gasteiger partial charge in [0.05, 0.1) is 0 Å². The Bertz CT molecular complexity index is 437. The van der Waals surface area contributed by atoms with Crippen molar-refractivity contribution < 1.29 is 0 Å². The summed E-state index contributed by atoms with van der Waals surface area (Å²) in [4.78, 5) is 7.06. The SMILES string of the molecule is Cc1cncc(CN2CC(C)NCC23CCCC3)c1. The normalized spacial score (nSPS) is 26.9. The van der Waals surface area contributed by atoms with Crippen LogP contribution in [0.25, 0.3) is 0 Å². The van der Waals surface area contributed by atoms with E-state index in [9.17, 15) is 0 Å². The predicted octanol–water partition coefficient (Wildman–Crippen LogP) is 2.50. The van der Waals surface area contributed by atoms with Gasteiger partial charge in [0.2, 0.25) is 0 Å². The molecule has 2 aliphatic rings. The molecule has 1 spiro atoms. The van der Waals surface area contributed by atoms with Crippen LogP contribution in [0, 0.1) is 6.92 Å². The topological polar surface area (TPSA) is 28.2 Å². The third-order valence-electron chi connectivity index (χ3n) is 4.78. The number of aryl methyl sites for hydroxylation is 1. The summed E-state index contributed by atoms with van der Waals surface area (Å²) in [5, 5.41) is 3.68. The van der Waals surface area contributed by atoms with Gasteiger partial charge >= 0.3 is 0 Å². The van der Waals surface area contributed by atoms with E-state index in [4.69, 9.17) is 0 Å². The zero-order valence-corrected chi connectivity index (χ0v) is 12.2. The first kappa shape index (κ1) is 13.1. The maximum absolute atomic E-state index is 4.34. The van der Waals surface area contributed by atoms with Crippen molar-refractivity contribution in [1.82, 2.24) is 15.2 Å². The van der Waals surface area contributed by atoms with Crippen LogP contribution >= 0.6 is 0 Å². The molecule has 1 saturated heterocycles. The molecule has 0 bridgehead atoms. The molecule has 1 aliphatic carbocycles. The molecule has 0 amide bonds. The highest BCUT2D eigenvalue weighted by atomic mass is 15.3. The molecule has 0 aromatic carbocycles. The Labute approximate surface area is 116 Å². The molecule has 1 unspecified atom stereocenters. The molecule has 2 fully saturated rings. The van der Waals surface area contributed by atoms with Crippen LogP contribution in [-0.4, -0.2) is 34.6 Å². The van der Waals surface area contributed by atoms with Crippen molar-refractivity contribution in [2.75, 3.05) is 13.1 Å². The molecule has 1 N–H and O–H groups in total. The van der Waals surface area contributed by atoms with E-state index >= 15 is 0 Å². The standard InChI is InChI=1S/C16H25N3/c1-13-7-15(9-17-8-13)11-19-10-14(2)18-12-16(19)5-3-4-6-16/h7-9,14,18H,3-6,10-12H2,1-2H3. The lowest BCUT2D eigenvalue weighted by atomic mass is 9.90. The maximum Gasteiger partial charge on any atom is 0.0338 e. The lowest BCUT2D eigenvalue weighted by Gasteiger charge is -2.47. The Morgan fingerprint density at radius 3 is 2.89 bits per heavy atom. The number of piperazine rings is 1. The Hall–Kier alpha value is -0.930. The second kappa shape index (κ2) is 5.22. The fourth-order valence-corrected chi connectivity index (χ4v) is 3.75. The fourth-order valence-electron chi connectivity index (χ4n) is 3.75. The highest BCUT2D eigenvalue weighted by molar-refractivity contribution is 5.17. The summed E-state index contributed by atoms with van der Waals surface area (Å²) in [6.45, 7) is 7.80. The molecule has 3 heteroatoms. The molecule has 2 heterocycles. The van der Waals surface area contributed by atoms with Crippen LogP contribution in [-0.2, 0) is 6.54 Å². The van der Waals surface area contributed by atoms with Crippen molar-refractivity contribution in [3.63, 3.8) is 0 Å². The molecular formula is C16H25N3. The van der Waals surface area contributed by atoms with Gasteiger partial charge in [0, 0.05) is 43.6 Å². The molecule has 1 aromatic heterocycles. The fraction of sp³-hybridized carbons (Fsp3) is 0.688. The van der Waals surface area contributed by atoms with E-state index in [0.29, 0.717) is 11.6 Å². The maximum atomic E-state index is 4.34. The molecule has 19 heavy (non-hydrogen) atoms. The van der Waals surface area contributed by atoms with E-state index in [0.717, 1.165) is 19.6 Å². The van der Waals surface area contributed by atoms with E-state index in [1.165, 1.54) is 36.8 Å². The first-order valence-electron chi connectivity index (χ1n) is 7.57. The van der Waals surface area contributed by atoms with Crippen molar-refractivity contribution in [3.05, 3.63) is 29.6 Å². The number of nitrogens with zero attached hydrogens (tertiary/aromatic N) is 2. The Morgan fingerprint density at radius 2 is 2.16 bits per heavy atom. The lowest BCUT2D eigenvalue weighted by Crippen LogP contribution is -2.62. The first-order chi connectivity index (χ1) is 9.18. The summed E-state index contributed by atoms with van der Waals surface area (Å²) in [6.07, 6.45) is 9.45. The minimum Gasteiger partial charge on any atom is -0.311 e. The molecule has 104 valence electrons. The van der Waals surface area contributed by atoms with E-state index in [1.807, 2.05) is 12.4 Å². The molecule has 3 rings (SSSR count). The minimum atomic E-state index is 0.413. The Morgan fingerprint density at radius 1 is 1.37 bits per heavy atom. The van der Waals surface area contributed by atoms with Crippen LogP contribution in [0.4, 0.5) is 0 Å². The van der Waals surface area contributed by atoms with Gasteiger partial charge < -0.3 is 5.32 Å². The van der Waals surface area contributed by atoms with E-state index in [-0.39, 0.29) is 0 Å². The summed E-state index contributed by atoms with van der Waals surface area (Å²) in [6, 6.07) is 2.88. The molecule has 0 radical (unpaired) electrons. The van der Waals surface area contributed by atoms with Crippen molar-refractivity contribution >= 4 is 0 Å². The minimum absolute atomic E-state index is 0.413. The quantitative estimate of drug-likeness (QED) is 0.884. The van der Waals surface area contributed by atoms with Gasteiger partial charge in [0.1, 0.15) is 0 Å². The molecule has 1 saturated carbocycles. The monoisotopic (exact) mass is 259 g/mol. The van der Waals surface area contributed by atoms with Crippen molar-refractivity contribution in [3.8, 4) is 0 Å². The smallest absolute Gasteiger partial charge is 0.0338 e. The lowest BCUT2D eigenvalue weighted by molar-refractivity contribution is 0.0392. The summed E-state index contributed by atoms with van der Waals surface area (Å²) in [7, 11) is 0. The largest absolute Gasteiger partial charge is 0.311 e. The molecule has 1 aromatic rings. The van der Waals surface area contributed by atoms with Crippen molar-refractivity contribution in [1.29, 1.82) is 0 Å². The second-order valence-electron chi connectivity index (χ2n) is 6.46. The third-order valence-corrected chi connectivity index (χ3v) is 4.78. The Kier molecular flexibility index (Phi) is 3.59. The zero-order valence-electron chi connectivity index (χ0n) is 12.2. The summed E-state index contributed by atoms with van der Waals surface area (Å²) >= 11 is 0. The number of pyridine rings is 1. The van der Waals surface area contributed by atoms with Gasteiger partial charge in [0.25, 0.3) is 0 Å². The predicted molar refractivity (Wildman–Crippen MR) is 78.0 cm³/mol. The van der Waals surface area contributed by atoms with Gasteiger partial charge in [-0.3, -0.25) is 9.88 Å². The van der Waals surface area contributed by atoms with E-state index in [1.54, 1.807) is 0 Å². The zero-order chi connectivity index (χ0) is 13.3. The molecule has 1 aliphatic heterocycles. The average molecular weight is 259 g/mol. The van der Waals surface area contributed by atoms with Crippen molar-refractivity contribution in [2.24, 2.45) is 0 Å². The van der Waals surface area contributed by atoms with Gasteiger partial charge in [-0.15, -0.1) is 0 Å². The van der Waals surface area contributed by atoms with E-state index < -0.39 is 0 Å². The first-order valence-corrected chi connectivity index (χ1v) is 7.57. The molecular weight excluding hydrogens is 234 g/mol. The number of hydrogen-bond acceptors (Lipinski definition) is 3. The highest BCUT2D eigenvalue weighted by Crippen LogP contribution is 2.37. The van der Waals surface area contributed by atoms with Crippen LogP contribution in [0.2, 0.25) is 0 Å². The van der Waals surface area contributed by atoms with Gasteiger partial charge in [-0.25, -0.2) is 0 Å². The van der Waals surface area contributed by atoms with Gasteiger partial charge in [-0.2, -0.15) is 0 Å². The van der Waals surface area contributed by atoms with Gasteiger partial charge in [-0.1, -0.05) is 18.9 Å². The van der Waals surface area contributed by atoms with Crippen molar-refractivity contribution in [2.45, 2.75) is 57.7 Å². The van der Waals surface area contributed by atoms with Gasteiger partial charge in [-0.05, 0) is 37.8 Å². The summed E-state index contributed by atoms with van der Waals surface area (Å²) in [5.41, 5.74) is 3.04. The van der Waals surface area contributed by atoms with Crippen LogP contribution in [0.5, 0.6) is 0 Å². The Balaban J connectivity index is 1.79. The number of hydrogen-bond donors (Lipinski definition) is 1. The van der Waals surface area contributed by atoms with Gasteiger partial charge in [0.15, 0.2) is 0 Å². The molecule has 1 atom stereocenters. The summed E-state index contributed by atoms with van der Waals surface area (Å²) in [5.74, 6) is 0. The van der Waals surface area contributed by atoms with Crippen LogP contribution < -0.4 is 5.32 Å². The van der Waals surface area contributed by atoms with Crippen LogP contribution in [0.1, 0.15) is 43.7 Å². The number of nitrogens with one attached hydrogen (secondary N) is 1. The third kappa shape index (κ3) is 2.67. The van der Waals surface area contributed by atoms with Crippen LogP contribution in [0.3, 0.4) is 0 Å².